The minimum Gasteiger partial charge on any atom is -0.381 e. The van der Waals surface area contributed by atoms with Crippen LogP contribution in [0.15, 0.2) is 36.5 Å². The van der Waals surface area contributed by atoms with Crippen LogP contribution in [-0.2, 0) is 4.74 Å². The highest BCUT2D eigenvalue weighted by atomic mass is 35.5. The molecule has 0 radical (unpaired) electrons. The zero-order valence-electron chi connectivity index (χ0n) is 10.1. The van der Waals surface area contributed by atoms with E-state index in [1.165, 1.54) is 0 Å². The van der Waals surface area contributed by atoms with Gasteiger partial charge in [0, 0.05) is 30.0 Å². The van der Waals surface area contributed by atoms with Gasteiger partial charge in [0.1, 0.15) is 0 Å². The van der Waals surface area contributed by atoms with E-state index < -0.39 is 0 Å². The maximum atomic E-state index is 6.00. The highest BCUT2D eigenvalue weighted by molar-refractivity contribution is 6.30. The summed E-state index contributed by atoms with van der Waals surface area (Å²) in [6.07, 6.45) is 4.12. The van der Waals surface area contributed by atoms with Crippen molar-refractivity contribution in [3.05, 3.63) is 41.6 Å². The highest BCUT2D eigenvalue weighted by Gasteiger charge is 2.16. The molecule has 0 N–H and O–H groups in total. The molecule has 3 rings (SSSR count). The van der Waals surface area contributed by atoms with Gasteiger partial charge in [0.25, 0.3) is 0 Å². The van der Waals surface area contributed by atoms with Gasteiger partial charge in [-0.1, -0.05) is 23.7 Å². The molecule has 1 aliphatic heterocycles. The molecule has 3 nitrogen and oxygen atoms in total. The van der Waals surface area contributed by atoms with Gasteiger partial charge >= 0.3 is 0 Å². The second-order valence-corrected chi connectivity index (χ2v) is 4.97. The second kappa shape index (κ2) is 5.12. The highest BCUT2D eigenvalue weighted by Crippen LogP contribution is 2.24. The average molecular weight is 263 g/mol. The molecule has 0 saturated carbocycles. The molecule has 1 aliphatic rings. The molecule has 0 bridgehead atoms. The number of hydrogen-bond donors (Lipinski definition) is 0. The lowest BCUT2D eigenvalue weighted by molar-refractivity contribution is 0.0663. The Morgan fingerprint density at radius 2 is 2.06 bits per heavy atom. The number of nitrogens with zero attached hydrogens (tertiary/aromatic N) is 2. The number of benzene rings is 1. The van der Waals surface area contributed by atoms with Crippen molar-refractivity contribution >= 4 is 11.6 Å². The van der Waals surface area contributed by atoms with E-state index in [0.29, 0.717) is 6.04 Å². The molecule has 4 heteroatoms. The van der Waals surface area contributed by atoms with Gasteiger partial charge in [0.15, 0.2) is 0 Å². The Balaban J connectivity index is 1.84. The number of ether oxygens (including phenoxy) is 1. The van der Waals surface area contributed by atoms with Crippen molar-refractivity contribution in [3.8, 4) is 11.3 Å². The second-order valence-electron chi connectivity index (χ2n) is 4.53. The van der Waals surface area contributed by atoms with E-state index in [1.54, 1.807) is 0 Å². The summed E-state index contributed by atoms with van der Waals surface area (Å²) >= 11 is 6.00. The predicted octanol–water partition coefficient (Wildman–Crippen LogP) is 3.56. The van der Waals surface area contributed by atoms with Crippen LogP contribution >= 0.6 is 11.6 Å². The molecule has 0 aliphatic carbocycles. The van der Waals surface area contributed by atoms with Crippen molar-refractivity contribution in [2.75, 3.05) is 13.2 Å². The fourth-order valence-electron chi connectivity index (χ4n) is 2.29. The van der Waals surface area contributed by atoms with Crippen LogP contribution in [0, 0.1) is 0 Å². The van der Waals surface area contributed by atoms with Crippen molar-refractivity contribution in [2.45, 2.75) is 18.9 Å². The zero-order chi connectivity index (χ0) is 12.4. The Hall–Kier alpha value is -1.32. The first-order valence-corrected chi connectivity index (χ1v) is 6.59. The monoisotopic (exact) mass is 262 g/mol. The first kappa shape index (κ1) is 11.8. The third-order valence-corrected chi connectivity index (χ3v) is 3.53. The minimum absolute atomic E-state index is 0.465. The largest absolute Gasteiger partial charge is 0.381 e. The molecule has 1 aromatic heterocycles. The van der Waals surface area contributed by atoms with Crippen LogP contribution in [0.1, 0.15) is 18.9 Å². The van der Waals surface area contributed by atoms with E-state index in [-0.39, 0.29) is 0 Å². The minimum atomic E-state index is 0.465. The first-order valence-electron chi connectivity index (χ1n) is 6.22. The Bertz CT molecular complexity index is 532. The van der Waals surface area contributed by atoms with Gasteiger partial charge in [0.05, 0.1) is 11.7 Å². The Kier molecular flexibility index (Phi) is 3.35. The zero-order valence-corrected chi connectivity index (χ0v) is 10.8. The molecule has 1 saturated heterocycles. The predicted molar refractivity (Wildman–Crippen MR) is 71.8 cm³/mol. The Morgan fingerprint density at radius 3 is 2.83 bits per heavy atom. The fourth-order valence-corrected chi connectivity index (χ4v) is 2.48. The molecular formula is C14H15ClN2O. The van der Waals surface area contributed by atoms with Crippen LogP contribution in [0.25, 0.3) is 11.3 Å². The van der Waals surface area contributed by atoms with Crippen molar-refractivity contribution in [3.63, 3.8) is 0 Å². The van der Waals surface area contributed by atoms with E-state index in [2.05, 4.69) is 9.78 Å². The van der Waals surface area contributed by atoms with E-state index in [0.717, 1.165) is 42.3 Å². The lowest BCUT2D eigenvalue weighted by atomic mass is 10.1. The smallest absolute Gasteiger partial charge is 0.0923 e. The molecule has 0 atom stereocenters. The summed E-state index contributed by atoms with van der Waals surface area (Å²) in [6.45, 7) is 1.66. The van der Waals surface area contributed by atoms with Crippen LogP contribution in [0.3, 0.4) is 0 Å². The molecule has 0 amide bonds. The summed E-state index contributed by atoms with van der Waals surface area (Å²) in [7, 11) is 0. The molecule has 2 aromatic rings. The number of hydrogen-bond acceptors (Lipinski definition) is 2. The molecule has 94 valence electrons. The van der Waals surface area contributed by atoms with Crippen molar-refractivity contribution in [2.24, 2.45) is 0 Å². The quantitative estimate of drug-likeness (QED) is 0.828. The number of rotatable bonds is 2. The summed E-state index contributed by atoms with van der Waals surface area (Å²) in [5.74, 6) is 0. The van der Waals surface area contributed by atoms with E-state index in [9.17, 15) is 0 Å². The fraction of sp³-hybridized carbons (Fsp3) is 0.357. The van der Waals surface area contributed by atoms with Gasteiger partial charge in [0.2, 0.25) is 0 Å². The standard InChI is InChI=1S/C14H15ClN2O/c15-12-3-1-2-11(10-12)14-4-7-17(16-14)13-5-8-18-9-6-13/h1-4,7,10,13H,5-6,8-9H2. The Morgan fingerprint density at radius 1 is 1.22 bits per heavy atom. The summed E-state index contributed by atoms with van der Waals surface area (Å²) in [5.41, 5.74) is 2.04. The normalized spacial score (nSPS) is 16.9. The lowest BCUT2D eigenvalue weighted by Crippen LogP contribution is -2.19. The summed E-state index contributed by atoms with van der Waals surface area (Å²) in [6, 6.07) is 10.3. The Labute approximate surface area is 111 Å². The van der Waals surface area contributed by atoms with E-state index >= 15 is 0 Å². The van der Waals surface area contributed by atoms with Crippen molar-refractivity contribution < 1.29 is 4.74 Å². The van der Waals surface area contributed by atoms with E-state index in [4.69, 9.17) is 16.3 Å². The van der Waals surface area contributed by atoms with Gasteiger partial charge in [-0.2, -0.15) is 5.10 Å². The van der Waals surface area contributed by atoms with Crippen molar-refractivity contribution in [1.82, 2.24) is 9.78 Å². The number of halogens is 1. The number of aromatic nitrogens is 2. The molecule has 0 spiro atoms. The molecular weight excluding hydrogens is 248 g/mol. The molecule has 18 heavy (non-hydrogen) atoms. The lowest BCUT2D eigenvalue weighted by Gasteiger charge is -2.22. The third-order valence-electron chi connectivity index (χ3n) is 3.29. The van der Waals surface area contributed by atoms with Crippen LogP contribution in [-0.4, -0.2) is 23.0 Å². The summed E-state index contributed by atoms with van der Waals surface area (Å²) in [5, 5.41) is 5.39. The molecule has 1 fully saturated rings. The maximum Gasteiger partial charge on any atom is 0.0923 e. The van der Waals surface area contributed by atoms with Gasteiger partial charge in [-0.05, 0) is 31.0 Å². The van der Waals surface area contributed by atoms with E-state index in [1.807, 2.05) is 36.5 Å². The molecule has 1 aromatic carbocycles. The summed E-state index contributed by atoms with van der Waals surface area (Å²) < 4.78 is 7.42. The van der Waals surface area contributed by atoms with Gasteiger partial charge in [-0.25, -0.2) is 0 Å². The van der Waals surface area contributed by atoms with Crippen LogP contribution < -0.4 is 0 Å². The molecule has 0 unspecified atom stereocenters. The van der Waals surface area contributed by atoms with Gasteiger partial charge in [-0.15, -0.1) is 0 Å². The van der Waals surface area contributed by atoms with Crippen LogP contribution in [0.4, 0.5) is 0 Å². The first-order chi connectivity index (χ1) is 8.83. The van der Waals surface area contributed by atoms with Gasteiger partial charge < -0.3 is 4.74 Å². The maximum absolute atomic E-state index is 6.00. The third kappa shape index (κ3) is 2.42. The topological polar surface area (TPSA) is 27.1 Å². The van der Waals surface area contributed by atoms with Crippen molar-refractivity contribution in [1.29, 1.82) is 0 Å². The van der Waals surface area contributed by atoms with Crippen LogP contribution in [0.5, 0.6) is 0 Å². The van der Waals surface area contributed by atoms with Crippen LogP contribution in [0.2, 0.25) is 5.02 Å². The molecule has 2 heterocycles. The average Bonchev–Trinajstić information content (AvgIpc) is 2.89. The van der Waals surface area contributed by atoms with Gasteiger partial charge in [-0.3, -0.25) is 4.68 Å². The summed E-state index contributed by atoms with van der Waals surface area (Å²) in [4.78, 5) is 0. The SMILES string of the molecule is Clc1cccc(-c2ccn(C3CCOCC3)n2)c1.